The molecule has 0 unspecified atom stereocenters. The van der Waals surface area contributed by atoms with Crippen LogP contribution >= 0.6 is 0 Å². The summed E-state index contributed by atoms with van der Waals surface area (Å²) < 4.78 is 0. The van der Waals surface area contributed by atoms with E-state index in [1.54, 1.807) is 24.3 Å². The van der Waals surface area contributed by atoms with E-state index >= 15 is 0 Å². The third-order valence-corrected chi connectivity index (χ3v) is 2.52. The van der Waals surface area contributed by atoms with Gasteiger partial charge in [-0.15, -0.1) is 0 Å². The van der Waals surface area contributed by atoms with Crippen LogP contribution in [0.25, 0.3) is 0 Å². The molecule has 1 aromatic rings. The number of hydrogen-bond acceptors (Lipinski definition) is 4. The van der Waals surface area contributed by atoms with Crippen molar-refractivity contribution in [2.24, 2.45) is 0 Å². The van der Waals surface area contributed by atoms with Gasteiger partial charge in [0.25, 0.3) is 0 Å². The number of carboxylic acids is 1. The summed E-state index contributed by atoms with van der Waals surface area (Å²) >= 11 is 0. The van der Waals surface area contributed by atoms with Crippen LogP contribution in [0.5, 0.6) is 0 Å². The molecule has 0 atom stereocenters. The molecule has 8 nitrogen and oxygen atoms in total. The molecule has 8 heteroatoms. The van der Waals surface area contributed by atoms with Crippen molar-refractivity contribution < 1.29 is 24.3 Å². The normalized spacial score (nSPS) is 9.68. The molecule has 0 aliphatic rings. The summed E-state index contributed by atoms with van der Waals surface area (Å²) in [5.74, 6) is -2.27. The van der Waals surface area contributed by atoms with Crippen LogP contribution in [0, 0.1) is 0 Å². The van der Waals surface area contributed by atoms with Crippen molar-refractivity contribution in [2.45, 2.75) is 13.3 Å². The predicted molar refractivity (Wildman–Crippen MR) is 78.1 cm³/mol. The number of carbonyl (C=O) groups is 4. The first-order chi connectivity index (χ1) is 10.4. The Hall–Kier alpha value is -2.90. The molecule has 0 fully saturated rings. The van der Waals surface area contributed by atoms with Crippen molar-refractivity contribution in [1.82, 2.24) is 10.6 Å². The first-order valence-electron chi connectivity index (χ1n) is 6.48. The van der Waals surface area contributed by atoms with Gasteiger partial charge in [-0.25, -0.2) is 0 Å². The Morgan fingerprint density at radius 3 is 2.09 bits per heavy atom. The van der Waals surface area contributed by atoms with Gasteiger partial charge in [-0.1, -0.05) is 12.1 Å². The quantitative estimate of drug-likeness (QED) is 0.541. The molecule has 0 bridgehead atoms. The molecule has 0 spiro atoms. The fourth-order valence-electron chi connectivity index (χ4n) is 1.57. The minimum absolute atomic E-state index is 0.0760. The smallest absolute Gasteiger partial charge is 0.322 e. The van der Waals surface area contributed by atoms with Crippen LogP contribution in [0.4, 0.5) is 5.69 Å². The van der Waals surface area contributed by atoms with E-state index in [-0.39, 0.29) is 24.8 Å². The maximum absolute atomic E-state index is 11.6. The van der Waals surface area contributed by atoms with Crippen molar-refractivity contribution in [2.75, 3.05) is 18.4 Å². The van der Waals surface area contributed by atoms with E-state index < -0.39 is 18.4 Å². The summed E-state index contributed by atoms with van der Waals surface area (Å²) in [5.41, 5.74) is 1.35. The predicted octanol–water partition coefficient (Wildman–Crippen LogP) is -0.495. The molecule has 0 aliphatic heterocycles. The topological polar surface area (TPSA) is 125 Å². The molecule has 0 radical (unpaired) electrons. The number of carboxylic acid groups (broad SMARTS) is 1. The average molecular weight is 307 g/mol. The second-order valence-electron chi connectivity index (χ2n) is 4.50. The second-order valence-corrected chi connectivity index (χ2v) is 4.50. The largest absolute Gasteiger partial charge is 0.480 e. The lowest BCUT2D eigenvalue weighted by atomic mass is 10.1. The number of anilines is 1. The molecule has 0 heterocycles. The number of nitrogens with one attached hydrogen (secondary N) is 3. The Morgan fingerprint density at radius 1 is 0.955 bits per heavy atom. The summed E-state index contributed by atoms with van der Waals surface area (Å²) in [4.78, 5) is 44.0. The molecule has 4 N–H and O–H groups in total. The van der Waals surface area contributed by atoms with Gasteiger partial charge in [-0.2, -0.15) is 0 Å². The zero-order chi connectivity index (χ0) is 16.5. The molecule has 3 amide bonds. The second kappa shape index (κ2) is 8.40. The van der Waals surface area contributed by atoms with Crippen LogP contribution in [0.3, 0.4) is 0 Å². The van der Waals surface area contributed by atoms with Gasteiger partial charge in [0.05, 0.1) is 13.0 Å². The zero-order valence-corrected chi connectivity index (χ0v) is 12.0. The molecular formula is C14H17N3O5. The minimum atomic E-state index is -1.15. The molecule has 0 saturated carbocycles. The van der Waals surface area contributed by atoms with Gasteiger partial charge >= 0.3 is 5.97 Å². The average Bonchev–Trinajstić information content (AvgIpc) is 2.44. The molecule has 118 valence electrons. The van der Waals surface area contributed by atoms with Gasteiger partial charge in [0, 0.05) is 12.6 Å². The van der Waals surface area contributed by atoms with Gasteiger partial charge in [0.1, 0.15) is 6.54 Å². The Kier molecular flexibility index (Phi) is 6.55. The summed E-state index contributed by atoms with van der Waals surface area (Å²) in [5, 5.41) is 15.5. The van der Waals surface area contributed by atoms with Crippen molar-refractivity contribution >= 4 is 29.4 Å². The standard InChI is InChI=1S/C14H17N3O5/c1-9(18)17-11-4-2-10(3-5-11)6-12(19)15-7-13(20)16-8-14(21)22/h2-5H,6-8H2,1H3,(H,15,19)(H,16,20)(H,17,18)(H,21,22). The number of rotatable bonds is 7. The van der Waals surface area contributed by atoms with Crippen LogP contribution in [0.1, 0.15) is 12.5 Å². The van der Waals surface area contributed by atoms with Crippen LogP contribution < -0.4 is 16.0 Å². The lowest BCUT2D eigenvalue weighted by molar-refractivity contribution is -0.137. The highest BCUT2D eigenvalue weighted by molar-refractivity contribution is 5.89. The van der Waals surface area contributed by atoms with E-state index in [4.69, 9.17) is 5.11 Å². The van der Waals surface area contributed by atoms with Crippen LogP contribution in [-0.4, -0.2) is 41.9 Å². The number of carbonyl (C=O) groups excluding carboxylic acids is 3. The lowest BCUT2D eigenvalue weighted by Gasteiger charge is -2.06. The number of amides is 3. The van der Waals surface area contributed by atoms with E-state index in [1.807, 2.05) is 0 Å². The first kappa shape index (κ1) is 17.2. The highest BCUT2D eigenvalue weighted by atomic mass is 16.4. The van der Waals surface area contributed by atoms with Gasteiger partial charge < -0.3 is 21.1 Å². The van der Waals surface area contributed by atoms with Gasteiger partial charge in [-0.05, 0) is 17.7 Å². The fourth-order valence-corrected chi connectivity index (χ4v) is 1.57. The van der Waals surface area contributed by atoms with Gasteiger partial charge in [0.15, 0.2) is 0 Å². The summed E-state index contributed by atoms with van der Waals surface area (Å²) in [6, 6.07) is 6.72. The highest BCUT2D eigenvalue weighted by Crippen LogP contribution is 2.09. The van der Waals surface area contributed by atoms with E-state index in [2.05, 4.69) is 16.0 Å². The Balaban J connectivity index is 2.37. The molecule has 0 aromatic heterocycles. The Morgan fingerprint density at radius 2 is 1.55 bits per heavy atom. The molecule has 1 rings (SSSR count). The summed E-state index contributed by atoms with van der Waals surface area (Å²) in [7, 11) is 0. The fraction of sp³-hybridized carbons (Fsp3) is 0.286. The SMILES string of the molecule is CC(=O)Nc1ccc(CC(=O)NCC(=O)NCC(=O)O)cc1. The van der Waals surface area contributed by atoms with Crippen molar-refractivity contribution in [3.63, 3.8) is 0 Å². The van der Waals surface area contributed by atoms with E-state index in [0.717, 1.165) is 5.56 Å². The molecular weight excluding hydrogens is 290 g/mol. The van der Waals surface area contributed by atoms with E-state index in [9.17, 15) is 19.2 Å². The number of aliphatic carboxylic acids is 1. The third-order valence-electron chi connectivity index (χ3n) is 2.52. The summed E-state index contributed by atoms with van der Waals surface area (Å²) in [6.45, 7) is 0.631. The lowest BCUT2D eigenvalue weighted by Crippen LogP contribution is -2.39. The highest BCUT2D eigenvalue weighted by Gasteiger charge is 2.07. The Labute approximate surface area is 126 Å². The maximum Gasteiger partial charge on any atom is 0.322 e. The molecule has 0 saturated heterocycles. The van der Waals surface area contributed by atoms with Crippen LogP contribution in [0.15, 0.2) is 24.3 Å². The molecule has 0 aliphatic carbocycles. The number of hydrogen-bond donors (Lipinski definition) is 4. The monoisotopic (exact) mass is 307 g/mol. The van der Waals surface area contributed by atoms with Crippen LogP contribution in [0.2, 0.25) is 0 Å². The molecule has 1 aromatic carbocycles. The van der Waals surface area contributed by atoms with E-state index in [0.29, 0.717) is 5.69 Å². The zero-order valence-electron chi connectivity index (χ0n) is 12.0. The van der Waals surface area contributed by atoms with E-state index in [1.165, 1.54) is 6.92 Å². The van der Waals surface area contributed by atoms with Gasteiger partial charge in [0.2, 0.25) is 17.7 Å². The maximum atomic E-state index is 11.6. The summed E-state index contributed by atoms with van der Waals surface area (Å²) in [6.07, 6.45) is 0.0760. The third kappa shape index (κ3) is 7.04. The first-order valence-corrected chi connectivity index (χ1v) is 6.48. The number of benzene rings is 1. The van der Waals surface area contributed by atoms with Gasteiger partial charge in [-0.3, -0.25) is 19.2 Å². The van der Waals surface area contributed by atoms with Crippen LogP contribution in [-0.2, 0) is 25.6 Å². The van der Waals surface area contributed by atoms with Crippen molar-refractivity contribution in [3.8, 4) is 0 Å². The molecule has 22 heavy (non-hydrogen) atoms. The van der Waals surface area contributed by atoms with Crippen molar-refractivity contribution in [3.05, 3.63) is 29.8 Å². The Bertz CT molecular complexity index is 568. The van der Waals surface area contributed by atoms with Crippen molar-refractivity contribution in [1.29, 1.82) is 0 Å². The minimum Gasteiger partial charge on any atom is -0.480 e.